The summed E-state index contributed by atoms with van der Waals surface area (Å²) in [6, 6.07) is -0.0152. The highest BCUT2D eigenvalue weighted by molar-refractivity contribution is 5.97. The number of aliphatic carboxylic acids is 1. The minimum atomic E-state index is -1.18. The molecule has 0 saturated carbocycles. The number of aryl methyl sites for hydroxylation is 1. The van der Waals surface area contributed by atoms with Crippen molar-refractivity contribution in [3.05, 3.63) is 46.3 Å². The van der Waals surface area contributed by atoms with Crippen LogP contribution in [0.5, 0.6) is 0 Å². The zero-order valence-electron chi connectivity index (χ0n) is 11.4. The van der Waals surface area contributed by atoms with Gasteiger partial charge in [-0.2, -0.15) is 0 Å². The van der Waals surface area contributed by atoms with Crippen molar-refractivity contribution in [2.75, 3.05) is 0 Å². The first kappa shape index (κ1) is 16.3. The van der Waals surface area contributed by atoms with E-state index in [1.807, 2.05) is 0 Å². The van der Waals surface area contributed by atoms with Gasteiger partial charge in [-0.3, -0.25) is 19.9 Å². The number of nitrogens with one attached hydrogen (secondary N) is 1. The van der Waals surface area contributed by atoms with Crippen LogP contribution >= 0.6 is 0 Å². The summed E-state index contributed by atoms with van der Waals surface area (Å²) in [7, 11) is 0. The van der Waals surface area contributed by atoms with Gasteiger partial charge in [0, 0.05) is 6.07 Å². The summed E-state index contributed by atoms with van der Waals surface area (Å²) in [6.45, 7) is 5.00. The topological polar surface area (TPSA) is 122 Å². The molecule has 0 radical (unpaired) electrons. The maximum absolute atomic E-state index is 12.1. The monoisotopic (exact) mass is 293 g/mol. The third-order valence-electron chi connectivity index (χ3n) is 2.79. The van der Waals surface area contributed by atoms with Gasteiger partial charge in [0.1, 0.15) is 12.2 Å². The second-order valence-electron chi connectivity index (χ2n) is 4.31. The van der Waals surface area contributed by atoms with Crippen molar-refractivity contribution in [1.29, 1.82) is 0 Å². The third-order valence-corrected chi connectivity index (χ3v) is 2.79. The summed E-state index contributed by atoms with van der Waals surface area (Å²) in [5.41, 5.74) is -0.0660. The highest BCUT2D eigenvalue weighted by atomic mass is 16.6. The van der Waals surface area contributed by atoms with Gasteiger partial charge in [0.05, 0.1) is 16.2 Å². The van der Waals surface area contributed by atoms with Crippen LogP contribution in [0.25, 0.3) is 0 Å². The van der Waals surface area contributed by atoms with Crippen molar-refractivity contribution in [3.8, 4) is 0 Å². The number of carboxylic acids is 1. The number of rotatable bonds is 7. The van der Waals surface area contributed by atoms with E-state index in [1.165, 1.54) is 6.92 Å². The summed E-state index contributed by atoms with van der Waals surface area (Å²) < 4.78 is 0. The molecule has 21 heavy (non-hydrogen) atoms. The Morgan fingerprint density at radius 3 is 2.81 bits per heavy atom. The van der Waals surface area contributed by atoms with Gasteiger partial charge in [-0.25, -0.2) is 4.79 Å². The Hall–Kier alpha value is -2.77. The van der Waals surface area contributed by atoms with Crippen molar-refractivity contribution < 1.29 is 19.6 Å². The van der Waals surface area contributed by atoms with Crippen LogP contribution in [0.2, 0.25) is 0 Å². The molecule has 1 amide bonds. The van der Waals surface area contributed by atoms with E-state index in [2.05, 4.69) is 16.9 Å². The molecular formula is C13H15N3O5. The lowest BCUT2D eigenvalue weighted by atomic mass is 10.1. The fraction of sp³-hybridized carbons (Fsp3) is 0.308. The van der Waals surface area contributed by atoms with E-state index in [-0.39, 0.29) is 23.4 Å². The zero-order chi connectivity index (χ0) is 16.0. The molecule has 0 aromatic carbocycles. The minimum Gasteiger partial charge on any atom is -0.480 e. The second-order valence-corrected chi connectivity index (χ2v) is 4.31. The summed E-state index contributed by atoms with van der Waals surface area (Å²) in [5, 5.41) is 22.0. The van der Waals surface area contributed by atoms with Crippen LogP contribution in [0.1, 0.15) is 28.9 Å². The Morgan fingerprint density at radius 2 is 2.29 bits per heavy atom. The first-order valence-electron chi connectivity index (χ1n) is 6.12. The fourth-order valence-electron chi connectivity index (χ4n) is 1.63. The van der Waals surface area contributed by atoms with Crippen LogP contribution in [-0.4, -0.2) is 32.9 Å². The van der Waals surface area contributed by atoms with Crippen LogP contribution in [0, 0.1) is 17.0 Å². The number of carboxylic acid groups (broad SMARTS) is 1. The standard InChI is InChI=1S/C13H15N3O5/c1-3-4-5-11(13(18)19)15-12(17)10-6-9(16(20)21)7-14-8(10)2/h3,6-7,11H,1,4-5H2,2H3,(H,15,17)(H,18,19). The molecule has 1 rings (SSSR count). The van der Waals surface area contributed by atoms with Gasteiger partial charge >= 0.3 is 5.97 Å². The molecule has 8 nitrogen and oxygen atoms in total. The predicted molar refractivity (Wildman–Crippen MR) is 73.9 cm³/mol. The Balaban J connectivity index is 2.96. The number of carbonyl (C=O) groups is 2. The predicted octanol–water partition coefficient (Wildman–Crippen LogP) is 1.45. The molecule has 112 valence electrons. The Labute approximate surface area is 120 Å². The number of hydrogen-bond acceptors (Lipinski definition) is 5. The average molecular weight is 293 g/mol. The van der Waals surface area contributed by atoms with Gasteiger partial charge in [0.2, 0.25) is 0 Å². The van der Waals surface area contributed by atoms with Gasteiger partial charge in [0.15, 0.2) is 0 Å². The summed E-state index contributed by atoms with van der Waals surface area (Å²) in [5.74, 6) is -1.89. The van der Waals surface area contributed by atoms with Gasteiger partial charge in [-0.05, 0) is 19.8 Å². The molecular weight excluding hydrogens is 278 g/mol. The van der Waals surface area contributed by atoms with E-state index in [0.29, 0.717) is 6.42 Å². The molecule has 8 heteroatoms. The molecule has 0 aliphatic heterocycles. The van der Waals surface area contributed by atoms with Crippen LogP contribution in [-0.2, 0) is 4.79 Å². The first-order valence-corrected chi connectivity index (χ1v) is 6.12. The second kappa shape index (κ2) is 7.13. The van der Waals surface area contributed by atoms with E-state index in [1.54, 1.807) is 6.08 Å². The molecule has 0 aliphatic carbocycles. The van der Waals surface area contributed by atoms with E-state index < -0.39 is 22.8 Å². The van der Waals surface area contributed by atoms with E-state index in [9.17, 15) is 19.7 Å². The minimum absolute atomic E-state index is 0.0194. The molecule has 0 bridgehead atoms. The van der Waals surface area contributed by atoms with Crippen LogP contribution < -0.4 is 5.32 Å². The van der Waals surface area contributed by atoms with Gasteiger partial charge in [-0.1, -0.05) is 6.08 Å². The molecule has 1 unspecified atom stereocenters. The van der Waals surface area contributed by atoms with Crippen molar-refractivity contribution >= 4 is 17.6 Å². The lowest BCUT2D eigenvalue weighted by molar-refractivity contribution is -0.385. The molecule has 0 aliphatic rings. The molecule has 0 saturated heterocycles. The SMILES string of the molecule is C=CCCC(NC(=O)c1cc([N+](=O)[O-])cnc1C)C(=O)O. The normalized spacial score (nSPS) is 11.5. The molecule has 1 aromatic rings. The first-order chi connectivity index (χ1) is 9.86. The number of hydrogen-bond donors (Lipinski definition) is 2. The number of pyridine rings is 1. The van der Waals surface area contributed by atoms with Crippen molar-refractivity contribution in [1.82, 2.24) is 10.3 Å². The molecule has 1 heterocycles. The van der Waals surface area contributed by atoms with Crippen molar-refractivity contribution in [2.24, 2.45) is 0 Å². The Kier molecular flexibility index (Phi) is 5.53. The van der Waals surface area contributed by atoms with Crippen molar-refractivity contribution in [3.63, 3.8) is 0 Å². The summed E-state index contributed by atoms with van der Waals surface area (Å²) in [4.78, 5) is 36.9. The van der Waals surface area contributed by atoms with Gasteiger partial charge in [-0.15, -0.1) is 6.58 Å². The van der Waals surface area contributed by atoms with Gasteiger partial charge < -0.3 is 10.4 Å². The third kappa shape index (κ3) is 4.37. The number of nitro groups is 1. The highest BCUT2D eigenvalue weighted by Gasteiger charge is 2.22. The highest BCUT2D eigenvalue weighted by Crippen LogP contribution is 2.15. The molecule has 1 atom stereocenters. The fourth-order valence-corrected chi connectivity index (χ4v) is 1.63. The number of carbonyl (C=O) groups excluding carboxylic acids is 1. The molecule has 0 fully saturated rings. The van der Waals surface area contributed by atoms with Crippen molar-refractivity contribution in [2.45, 2.75) is 25.8 Å². The smallest absolute Gasteiger partial charge is 0.326 e. The Bertz CT molecular complexity index is 585. The van der Waals surface area contributed by atoms with Crippen LogP contribution in [0.4, 0.5) is 5.69 Å². The molecule has 0 spiro atoms. The number of nitrogens with zero attached hydrogens (tertiary/aromatic N) is 2. The average Bonchev–Trinajstić information content (AvgIpc) is 2.42. The van der Waals surface area contributed by atoms with E-state index in [0.717, 1.165) is 12.3 Å². The maximum atomic E-state index is 12.1. The van der Waals surface area contributed by atoms with Gasteiger partial charge in [0.25, 0.3) is 11.6 Å². The molecule has 1 aromatic heterocycles. The van der Waals surface area contributed by atoms with E-state index >= 15 is 0 Å². The number of allylic oxidation sites excluding steroid dienone is 1. The lowest BCUT2D eigenvalue weighted by Crippen LogP contribution is -2.41. The van der Waals surface area contributed by atoms with E-state index in [4.69, 9.17) is 5.11 Å². The zero-order valence-corrected chi connectivity index (χ0v) is 11.4. The maximum Gasteiger partial charge on any atom is 0.326 e. The summed E-state index contributed by atoms with van der Waals surface area (Å²) >= 11 is 0. The lowest BCUT2D eigenvalue weighted by Gasteiger charge is -2.14. The number of amides is 1. The summed E-state index contributed by atoms with van der Waals surface area (Å²) in [6.07, 6.45) is 3.19. The Morgan fingerprint density at radius 1 is 1.62 bits per heavy atom. The van der Waals surface area contributed by atoms with Crippen LogP contribution in [0.3, 0.4) is 0 Å². The number of aromatic nitrogens is 1. The molecule has 2 N–H and O–H groups in total. The largest absolute Gasteiger partial charge is 0.480 e. The van der Waals surface area contributed by atoms with Crippen LogP contribution in [0.15, 0.2) is 24.9 Å². The quantitative estimate of drug-likeness (QED) is 0.445.